The van der Waals surface area contributed by atoms with Crippen molar-refractivity contribution in [3.05, 3.63) is 11.6 Å². The van der Waals surface area contributed by atoms with Gasteiger partial charge in [0.05, 0.1) is 6.54 Å². The van der Waals surface area contributed by atoms with Crippen LogP contribution in [0.5, 0.6) is 0 Å². The largest absolute Gasteiger partial charge is 0.478 e. The minimum absolute atomic E-state index is 0.270. The molecule has 60 valence electrons. The lowest BCUT2D eigenvalue weighted by Crippen LogP contribution is -1.95. The molecule has 0 aromatic heterocycles. The van der Waals surface area contributed by atoms with Gasteiger partial charge in [-0.05, 0) is 13.3 Å². The Morgan fingerprint density at radius 3 is 2.82 bits per heavy atom. The molecule has 0 unspecified atom stereocenters. The summed E-state index contributed by atoms with van der Waals surface area (Å²) in [6.45, 7) is 1.79. The Balaban J connectivity index is 3.73. The zero-order valence-electron chi connectivity index (χ0n) is 6.20. The molecule has 0 radical (unpaired) electrons. The van der Waals surface area contributed by atoms with Crippen LogP contribution >= 0.6 is 0 Å². The van der Waals surface area contributed by atoms with Gasteiger partial charge >= 0.3 is 5.97 Å². The molecule has 0 saturated carbocycles. The maximum atomic E-state index is 10.2. The number of hydrogen-bond donors (Lipinski definition) is 1. The van der Waals surface area contributed by atoms with Crippen molar-refractivity contribution in [2.75, 3.05) is 6.54 Å². The number of carboxylic acid groups (broad SMARTS) is 1. The standard InChI is InChI=1S/C7H9NO3/c1-6(7(10)11)3-2-4-8-5-9/h3H,2,4H2,1H3,(H,10,11). The molecule has 0 spiro atoms. The molecule has 4 nitrogen and oxygen atoms in total. The first kappa shape index (κ1) is 9.59. The number of nitrogens with zero attached hydrogens (tertiary/aromatic N) is 1. The summed E-state index contributed by atoms with van der Waals surface area (Å²) in [5.74, 6) is -0.944. The number of isocyanates is 1. The van der Waals surface area contributed by atoms with Gasteiger partial charge in [-0.1, -0.05) is 6.08 Å². The van der Waals surface area contributed by atoms with E-state index in [0.717, 1.165) is 0 Å². The predicted molar refractivity (Wildman–Crippen MR) is 39.0 cm³/mol. The maximum absolute atomic E-state index is 10.2. The summed E-state index contributed by atoms with van der Waals surface area (Å²) in [4.78, 5) is 23.0. The van der Waals surface area contributed by atoms with Gasteiger partial charge in [0.15, 0.2) is 0 Å². The number of carboxylic acids is 1. The normalized spacial score (nSPS) is 10.5. The summed E-state index contributed by atoms with van der Waals surface area (Å²) in [6, 6.07) is 0. The molecule has 0 aromatic rings. The maximum Gasteiger partial charge on any atom is 0.330 e. The molecule has 0 rings (SSSR count). The number of aliphatic imine (C=N–C) groups is 1. The first-order chi connectivity index (χ1) is 5.18. The van der Waals surface area contributed by atoms with Crippen LogP contribution in [0.3, 0.4) is 0 Å². The van der Waals surface area contributed by atoms with E-state index in [0.29, 0.717) is 13.0 Å². The molecule has 0 amide bonds. The van der Waals surface area contributed by atoms with Gasteiger partial charge in [-0.2, -0.15) is 0 Å². The van der Waals surface area contributed by atoms with E-state index in [9.17, 15) is 9.59 Å². The van der Waals surface area contributed by atoms with Gasteiger partial charge in [-0.15, -0.1) is 0 Å². The Morgan fingerprint density at radius 1 is 1.73 bits per heavy atom. The van der Waals surface area contributed by atoms with Crippen molar-refractivity contribution in [3.63, 3.8) is 0 Å². The van der Waals surface area contributed by atoms with Crippen LogP contribution in [0.25, 0.3) is 0 Å². The van der Waals surface area contributed by atoms with Crippen LogP contribution in [0, 0.1) is 0 Å². The molecule has 0 saturated heterocycles. The molecule has 0 aliphatic rings. The molecule has 0 fully saturated rings. The third-order valence-corrected chi connectivity index (χ3v) is 1.09. The van der Waals surface area contributed by atoms with Crippen molar-refractivity contribution in [3.8, 4) is 0 Å². The minimum atomic E-state index is -0.944. The van der Waals surface area contributed by atoms with Crippen LogP contribution < -0.4 is 0 Å². The molecule has 0 bridgehead atoms. The van der Waals surface area contributed by atoms with Gasteiger partial charge in [0.2, 0.25) is 6.08 Å². The highest BCUT2D eigenvalue weighted by molar-refractivity contribution is 5.85. The summed E-state index contributed by atoms with van der Waals surface area (Å²) in [5, 5.41) is 8.36. The van der Waals surface area contributed by atoms with Crippen LogP contribution in [0.4, 0.5) is 0 Å². The van der Waals surface area contributed by atoms with Gasteiger partial charge < -0.3 is 5.11 Å². The second kappa shape index (κ2) is 5.38. The lowest BCUT2D eigenvalue weighted by molar-refractivity contribution is -0.132. The average Bonchev–Trinajstić information content (AvgIpc) is 1.97. The van der Waals surface area contributed by atoms with Crippen LogP contribution in [0.15, 0.2) is 16.6 Å². The first-order valence-corrected chi connectivity index (χ1v) is 3.12. The molecule has 11 heavy (non-hydrogen) atoms. The Morgan fingerprint density at radius 2 is 2.36 bits per heavy atom. The third-order valence-electron chi connectivity index (χ3n) is 1.09. The van der Waals surface area contributed by atoms with E-state index < -0.39 is 5.97 Å². The predicted octanol–water partition coefficient (Wildman–Crippen LogP) is 0.743. The van der Waals surface area contributed by atoms with E-state index in [-0.39, 0.29) is 5.57 Å². The van der Waals surface area contributed by atoms with Gasteiger partial charge in [0.25, 0.3) is 0 Å². The zero-order valence-corrected chi connectivity index (χ0v) is 6.20. The molecule has 0 heterocycles. The average molecular weight is 155 g/mol. The lowest BCUT2D eigenvalue weighted by Gasteiger charge is -1.89. The smallest absolute Gasteiger partial charge is 0.330 e. The Labute approximate surface area is 64.3 Å². The molecular formula is C7H9NO3. The van der Waals surface area contributed by atoms with Crippen molar-refractivity contribution in [1.29, 1.82) is 0 Å². The molecule has 4 heteroatoms. The number of hydrogen-bond acceptors (Lipinski definition) is 3. The van der Waals surface area contributed by atoms with E-state index in [1.165, 1.54) is 19.1 Å². The van der Waals surface area contributed by atoms with Crippen molar-refractivity contribution in [2.24, 2.45) is 4.99 Å². The number of carbonyl (C=O) groups excluding carboxylic acids is 1. The highest BCUT2D eigenvalue weighted by Gasteiger charge is 1.96. The third kappa shape index (κ3) is 5.06. The van der Waals surface area contributed by atoms with Crippen LogP contribution in [0.2, 0.25) is 0 Å². The van der Waals surface area contributed by atoms with Crippen LogP contribution in [-0.2, 0) is 9.59 Å². The second-order valence-corrected chi connectivity index (χ2v) is 1.95. The fraction of sp³-hybridized carbons (Fsp3) is 0.429. The van der Waals surface area contributed by atoms with Crippen molar-refractivity contribution >= 4 is 12.0 Å². The second-order valence-electron chi connectivity index (χ2n) is 1.95. The molecule has 1 N–H and O–H groups in total. The SMILES string of the molecule is CC(=CCCN=C=O)C(=O)O. The van der Waals surface area contributed by atoms with E-state index >= 15 is 0 Å². The Kier molecular flexibility index (Phi) is 4.69. The van der Waals surface area contributed by atoms with E-state index in [4.69, 9.17) is 5.11 Å². The summed E-state index contributed by atoms with van der Waals surface area (Å²) in [5.41, 5.74) is 0.270. The Bertz CT molecular complexity index is 214. The van der Waals surface area contributed by atoms with Crippen molar-refractivity contribution in [2.45, 2.75) is 13.3 Å². The van der Waals surface area contributed by atoms with Gasteiger partial charge in [-0.25, -0.2) is 14.6 Å². The summed E-state index contributed by atoms with van der Waals surface area (Å²) in [6.07, 6.45) is 3.35. The number of rotatable bonds is 4. The molecule has 0 aromatic carbocycles. The molecule has 0 atom stereocenters. The molecule has 0 aliphatic carbocycles. The van der Waals surface area contributed by atoms with Crippen molar-refractivity contribution < 1.29 is 14.7 Å². The summed E-state index contributed by atoms with van der Waals surface area (Å²) >= 11 is 0. The van der Waals surface area contributed by atoms with Gasteiger partial charge in [-0.3, -0.25) is 0 Å². The van der Waals surface area contributed by atoms with E-state index in [1.54, 1.807) is 0 Å². The van der Waals surface area contributed by atoms with Gasteiger partial charge in [0.1, 0.15) is 0 Å². The highest BCUT2D eigenvalue weighted by Crippen LogP contribution is 1.94. The van der Waals surface area contributed by atoms with E-state index in [1.807, 2.05) is 0 Å². The number of aliphatic carboxylic acids is 1. The minimum Gasteiger partial charge on any atom is -0.478 e. The summed E-state index contributed by atoms with van der Waals surface area (Å²) < 4.78 is 0. The van der Waals surface area contributed by atoms with Crippen molar-refractivity contribution in [1.82, 2.24) is 0 Å². The highest BCUT2D eigenvalue weighted by atomic mass is 16.4. The fourth-order valence-corrected chi connectivity index (χ4v) is 0.479. The molecular weight excluding hydrogens is 146 g/mol. The van der Waals surface area contributed by atoms with Crippen LogP contribution in [0.1, 0.15) is 13.3 Å². The number of carbonyl (C=O) groups is 1. The van der Waals surface area contributed by atoms with E-state index in [2.05, 4.69) is 4.99 Å². The first-order valence-electron chi connectivity index (χ1n) is 3.12. The fourth-order valence-electron chi connectivity index (χ4n) is 0.479. The quantitative estimate of drug-likeness (QED) is 0.282. The topological polar surface area (TPSA) is 66.7 Å². The van der Waals surface area contributed by atoms with Gasteiger partial charge in [0, 0.05) is 5.57 Å². The zero-order chi connectivity index (χ0) is 8.69. The monoisotopic (exact) mass is 155 g/mol. The lowest BCUT2D eigenvalue weighted by atomic mass is 10.2. The summed E-state index contributed by atoms with van der Waals surface area (Å²) in [7, 11) is 0. The van der Waals surface area contributed by atoms with Crippen LogP contribution in [-0.4, -0.2) is 23.7 Å². The molecule has 0 aliphatic heterocycles. The Hall–Kier alpha value is -1.41.